The number of thiophene rings is 1. The van der Waals surface area contributed by atoms with E-state index in [-0.39, 0.29) is 24.0 Å². The van der Waals surface area contributed by atoms with Crippen LogP contribution in [0.5, 0.6) is 5.75 Å². The van der Waals surface area contributed by atoms with E-state index in [1.54, 1.807) is 11.3 Å². The number of halogens is 2. The van der Waals surface area contributed by atoms with Gasteiger partial charge in [0.15, 0.2) is 11.6 Å². The van der Waals surface area contributed by atoms with E-state index < -0.39 is 11.6 Å². The van der Waals surface area contributed by atoms with E-state index in [9.17, 15) is 13.6 Å². The van der Waals surface area contributed by atoms with Gasteiger partial charge in [-0.3, -0.25) is 9.89 Å². The Hall–Kier alpha value is -2.74. The molecule has 0 aliphatic carbocycles. The lowest BCUT2D eigenvalue weighted by molar-refractivity contribution is 0.0946. The van der Waals surface area contributed by atoms with Gasteiger partial charge < -0.3 is 10.1 Å². The smallest absolute Gasteiger partial charge is 0.272 e. The largest absolute Gasteiger partial charge is 0.484 e. The Bertz CT molecular complexity index is 834. The number of nitrogens with one attached hydrogen (secondary N) is 2. The van der Waals surface area contributed by atoms with Crippen LogP contribution in [0.4, 0.5) is 8.78 Å². The van der Waals surface area contributed by atoms with Crippen LogP contribution < -0.4 is 10.1 Å². The number of nitrogens with zero attached hydrogens (tertiary/aromatic N) is 1. The molecule has 5 nitrogen and oxygen atoms in total. The van der Waals surface area contributed by atoms with Gasteiger partial charge in [0, 0.05) is 12.6 Å². The van der Waals surface area contributed by atoms with E-state index in [0.29, 0.717) is 12.2 Å². The molecule has 0 spiro atoms. The molecule has 1 aromatic carbocycles. The molecular weight excluding hydrogens is 336 g/mol. The third-order valence-corrected chi connectivity index (χ3v) is 3.91. The molecule has 1 amide bonds. The highest BCUT2D eigenvalue weighted by atomic mass is 32.1. The van der Waals surface area contributed by atoms with Crippen molar-refractivity contribution in [3.8, 4) is 5.75 Å². The van der Waals surface area contributed by atoms with Crippen molar-refractivity contribution in [2.45, 2.75) is 13.2 Å². The minimum Gasteiger partial charge on any atom is -0.484 e. The van der Waals surface area contributed by atoms with Gasteiger partial charge in [-0.2, -0.15) is 16.4 Å². The highest BCUT2D eigenvalue weighted by molar-refractivity contribution is 7.07. The van der Waals surface area contributed by atoms with E-state index in [2.05, 4.69) is 15.5 Å². The summed E-state index contributed by atoms with van der Waals surface area (Å²) in [5, 5.41) is 13.2. The van der Waals surface area contributed by atoms with Crippen LogP contribution in [-0.4, -0.2) is 16.1 Å². The zero-order chi connectivity index (χ0) is 16.9. The van der Waals surface area contributed by atoms with Crippen molar-refractivity contribution in [3.05, 3.63) is 69.7 Å². The Kier molecular flexibility index (Phi) is 4.85. The first-order chi connectivity index (χ1) is 11.6. The maximum absolute atomic E-state index is 13.5. The summed E-state index contributed by atoms with van der Waals surface area (Å²) < 4.78 is 31.5. The SMILES string of the molecule is O=C(NCc1ccsc1)c1cc(COc2ccc(F)cc2F)[nH]n1. The van der Waals surface area contributed by atoms with Gasteiger partial charge in [0.2, 0.25) is 0 Å². The minimum atomic E-state index is -0.789. The van der Waals surface area contributed by atoms with Crippen LogP contribution in [0.1, 0.15) is 21.7 Å². The maximum Gasteiger partial charge on any atom is 0.272 e. The molecule has 0 fully saturated rings. The van der Waals surface area contributed by atoms with E-state index >= 15 is 0 Å². The summed E-state index contributed by atoms with van der Waals surface area (Å²) in [5.41, 5.74) is 1.72. The van der Waals surface area contributed by atoms with Crippen LogP contribution in [0, 0.1) is 11.6 Å². The standard InChI is InChI=1S/C16H13F2N3O2S/c17-11-1-2-15(13(18)5-11)23-8-12-6-14(21-20-12)16(22)19-7-10-3-4-24-9-10/h1-6,9H,7-8H2,(H,19,22)(H,20,21). The molecule has 0 radical (unpaired) electrons. The number of H-pyrrole nitrogens is 1. The number of rotatable bonds is 6. The van der Waals surface area contributed by atoms with Gasteiger partial charge in [-0.15, -0.1) is 0 Å². The number of carbonyl (C=O) groups excluding carboxylic acids is 1. The number of hydrogen-bond donors (Lipinski definition) is 2. The summed E-state index contributed by atoms with van der Waals surface area (Å²) in [6, 6.07) is 6.49. The van der Waals surface area contributed by atoms with Gasteiger partial charge in [0.25, 0.3) is 5.91 Å². The van der Waals surface area contributed by atoms with Gasteiger partial charge >= 0.3 is 0 Å². The fraction of sp³-hybridized carbons (Fsp3) is 0.125. The number of amides is 1. The molecule has 124 valence electrons. The molecule has 0 saturated heterocycles. The van der Waals surface area contributed by atoms with Crippen molar-refractivity contribution in [3.63, 3.8) is 0 Å². The maximum atomic E-state index is 13.5. The third kappa shape index (κ3) is 3.96. The van der Waals surface area contributed by atoms with Gasteiger partial charge in [-0.1, -0.05) is 0 Å². The third-order valence-electron chi connectivity index (χ3n) is 3.17. The lowest BCUT2D eigenvalue weighted by atomic mass is 10.3. The van der Waals surface area contributed by atoms with E-state index in [1.165, 1.54) is 12.1 Å². The highest BCUT2D eigenvalue weighted by Gasteiger charge is 2.11. The first kappa shape index (κ1) is 16.1. The quantitative estimate of drug-likeness (QED) is 0.718. The van der Waals surface area contributed by atoms with Crippen molar-refractivity contribution in [1.82, 2.24) is 15.5 Å². The Morgan fingerprint density at radius 3 is 2.92 bits per heavy atom. The number of benzene rings is 1. The second kappa shape index (κ2) is 7.22. The zero-order valence-corrected chi connectivity index (χ0v) is 13.2. The van der Waals surface area contributed by atoms with Gasteiger partial charge in [-0.25, -0.2) is 8.78 Å². The van der Waals surface area contributed by atoms with E-state index in [0.717, 1.165) is 17.7 Å². The monoisotopic (exact) mass is 349 g/mol. The van der Waals surface area contributed by atoms with Crippen LogP contribution in [0.25, 0.3) is 0 Å². The number of hydrogen-bond acceptors (Lipinski definition) is 4. The van der Waals surface area contributed by atoms with Crippen LogP contribution in [-0.2, 0) is 13.2 Å². The predicted octanol–water partition coefficient (Wildman–Crippen LogP) is 3.26. The zero-order valence-electron chi connectivity index (χ0n) is 12.4. The molecule has 0 aliphatic heterocycles. The molecule has 0 bridgehead atoms. The molecule has 0 unspecified atom stereocenters. The van der Waals surface area contributed by atoms with E-state index in [1.807, 2.05) is 16.8 Å². The Morgan fingerprint density at radius 1 is 1.29 bits per heavy atom. The molecule has 2 heterocycles. The lowest BCUT2D eigenvalue weighted by Gasteiger charge is -2.05. The fourth-order valence-corrected chi connectivity index (χ4v) is 2.63. The number of aromatic nitrogens is 2. The summed E-state index contributed by atoms with van der Waals surface area (Å²) >= 11 is 1.55. The Balaban J connectivity index is 1.55. The average Bonchev–Trinajstić information content (AvgIpc) is 3.23. The summed E-state index contributed by atoms with van der Waals surface area (Å²) in [6.07, 6.45) is 0. The summed E-state index contributed by atoms with van der Waals surface area (Å²) in [4.78, 5) is 12.0. The van der Waals surface area contributed by atoms with E-state index in [4.69, 9.17) is 4.74 Å². The molecule has 8 heteroatoms. The van der Waals surface area contributed by atoms with Gasteiger partial charge in [0.1, 0.15) is 18.1 Å². The highest BCUT2D eigenvalue weighted by Crippen LogP contribution is 2.18. The topological polar surface area (TPSA) is 67.0 Å². The number of ether oxygens (including phenoxy) is 1. The molecule has 2 N–H and O–H groups in total. The molecule has 24 heavy (non-hydrogen) atoms. The fourth-order valence-electron chi connectivity index (χ4n) is 1.97. The average molecular weight is 349 g/mol. The summed E-state index contributed by atoms with van der Waals surface area (Å²) in [6.45, 7) is 0.398. The van der Waals surface area contributed by atoms with Crippen molar-refractivity contribution in [2.75, 3.05) is 0 Å². The van der Waals surface area contributed by atoms with Crippen LogP contribution in [0.2, 0.25) is 0 Å². The Labute approximate surface area is 140 Å². The number of aromatic amines is 1. The second-order valence-corrected chi connectivity index (χ2v) is 5.74. The normalized spacial score (nSPS) is 10.6. The first-order valence-corrected chi connectivity index (χ1v) is 7.97. The van der Waals surface area contributed by atoms with Crippen molar-refractivity contribution in [2.24, 2.45) is 0 Å². The van der Waals surface area contributed by atoms with Gasteiger partial charge in [-0.05, 0) is 40.6 Å². The molecule has 3 aromatic rings. The Morgan fingerprint density at radius 2 is 2.17 bits per heavy atom. The second-order valence-electron chi connectivity index (χ2n) is 4.96. The molecule has 2 aromatic heterocycles. The summed E-state index contributed by atoms with van der Waals surface area (Å²) in [7, 11) is 0. The molecule has 0 atom stereocenters. The number of carbonyl (C=O) groups is 1. The molecular formula is C16H13F2N3O2S. The van der Waals surface area contributed by atoms with Crippen LogP contribution >= 0.6 is 11.3 Å². The van der Waals surface area contributed by atoms with Crippen LogP contribution in [0.3, 0.4) is 0 Å². The van der Waals surface area contributed by atoms with Gasteiger partial charge in [0.05, 0.1) is 5.69 Å². The molecule has 0 saturated carbocycles. The molecule has 0 aliphatic rings. The van der Waals surface area contributed by atoms with Crippen molar-refractivity contribution in [1.29, 1.82) is 0 Å². The summed E-state index contributed by atoms with van der Waals surface area (Å²) in [5.74, 6) is -1.86. The first-order valence-electron chi connectivity index (χ1n) is 7.03. The van der Waals surface area contributed by atoms with Crippen molar-refractivity contribution < 1.29 is 18.3 Å². The van der Waals surface area contributed by atoms with Crippen LogP contribution in [0.15, 0.2) is 41.1 Å². The lowest BCUT2D eigenvalue weighted by Crippen LogP contribution is -2.22. The minimum absolute atomic E-state index is 0.0205. The molecule has 3 rings (SSSR count). The predicted molar refractivity (Wildman–Crippen MR) is 84.8 cm³/mol. The van der Waals surface area contributed by atoms with Crippen molar-refractivity contribution >= 4 is 17.2 Å².